The van der Waals surface area contributed by atoms with Crippen molar-refractivity contribution < 1.29 is 24.2 Å². The van der Waals surface area contributed by atoms with Crippen molar-refractivity contribution in [3.8, 4) is 0 Å². The van der Waals surface area contributed by atoms with Crippen molar-refractivity contribution in [1.29, 1.82) is 0 Å². The average molecular weight is 288 g/mol. The lowest BCUT2D eigenvalue weighted by Gasteiger charge is -2.33. The topological polar surface area (TPSA) is 96.9 Å². The number of carboxylic acid groups (broad SMARTS) is 1. The number of aliphatic carboxylic acids is 1. The molecule has 20 heavy (non-hydrogen) atoms. The molecule has 116 valence electrons. The van der Waals surface area contributed by atoms with E-state index < -0.39 is 11.4 Å². The van der Waals surface area contributed by atoms with Gasteiger partial charge in [0.25, 0.3) is 0 Å². The van der Waals surface area contributed by atoms with Gasteiger partial charge in [0, 0.05) is 26.4 Å². The van der Waals surface area contributed by atoms with Gasteiger partial charge in [0.2, 0.25) is 0 Å². The lowest BCUT2D eigenvalue weighted by molar-refractivity contribution is -0.154. The van der Waals surface area contributed by atoms with Crippen LogP contribution in [0.5, 0.6) is 0 Å². The first kappa shape index (κ1) is 16.7. The van der Waals surface area contributed by atoms with Crippen LogP contribution >= 0.6 is 0 Å². The average Bonchev–Trinajstić information content (AvgIpc) is 2.43. The van der Waals surface area contributed by atoms with E-state index in [1.807, 2.05) is 13.8 Å². The maximum absolute atomic E-state index is 11.7. The van der Waals surface area contributed by atoms with Crippen molar-refractivity contribution >= 4 is 12.0 Å². The number of nitrogens with one attached hydrogen (secondary N) is 2. The molecule has 0 aromatic heterocycles. The minimum absolute atomic E-state index is 0.110. The molecule has 0 radical (unpaired) electrons. The Morgan fingerprint density at radius 3 is 2.60 bits per heavy atom. The SMILES string of the molecule is CCOCC(C)NC(=O)NCC1(C(=O)O)CCOCC1. The predicted octanol–water partition coefficient (Wildman–Crippen LogP) is 0.592. The zero-order chi connectivity index (χ0) is 15.0. The summed E-state index contributed by atoms with van der Waals surface area (Å²) in [5.74, 6) is -0.886. The summed E-state index contributed by atoms with van der Waals surface area (Å²) in [6, 6.07) is -0.491. The Labute approximate surface area is 119 Å². The van der Waals surface area contributed by atoms with Crippen LogP contribution in [0.4, 0.5) is 4.79 Å². The van der Waals surface area contributed by atoms with E-state index >= 15 is 0 Å². The van der Waals surface area contributed by atoms with E-state index in [4.69, 9.17) is 9.47 Å². The summed E-state index contributed by atoms with van der Waals surface area (Å²) in [6.45, 7) is 5.67. The number of carboxylic acids is 1. The summed E-state index contributed by atoms with van der Waals surface area (Å²) < 4.78 is 10.4. The highest BCUT2D eigenvalue weighted by Crippen LogP contribution is 2.29. The van der Waals surface area contributed by atoms with Gasteiger partial charge in [-0.3, -0.25) is 4.79 Å². The molecule has 7 nitrogen and oxygen atoms in total. The normalized spacial score (nSPS) is 19.1. The van der Waals surface area contributed by atoms with E-state index in [0.29, 0.717) is 39.3 Å². The molecular formula is C13H24N2O5. The number of carbonyl (C=O) groups excluding carboxylic acids is 1. The van der Waals surface area contributed by atoms with Gasteiger partial charge in [-0.25, -0.2) is 4.79 Å². The van der Waals surface area contributed by atoms with Gasteiger partial charge < -0.3 is 25.2 Å². The molecule has 1 rings (SSSR count). The molecule has 1 atom stereocenters. The summed E-state index contributed by atoms with van der Waals surface area (Å²) in [5, 5.41) is 14.7. The Morgan fingerprint density at radius 2 is 2.05 bits per heavy atom. The van der Waals surface area contributed by atoms with Crippen LogP contribution in [0, 0.1) is 5.41 Å². The van der Waals surface area contributed by atoms with Crippen molar-refractivity contribution in [1.82, 2.24) is 10.6 Å². The van der Waals surface area contributed by atoms with E-state index in [-0.39, 0.29) is 18.6 Å². The molecular weight excluding hydrogens is 264 g/mol. The first-order chi connectivity index (χ1) is 9.50. The number of rotatable bonds is 7. The molecule has 1 unspecified atom stereocenters. The minimum Gasteiger partial charge on any atom is -0.481 e. The first-order valence-electron chi connectivity index (χ1n) is 6.93. The van der Waals surface area contributed by atoms with Crippen LogP contribution in [0.1, 0.15) is 26.7 Å². The third kappa shape index (κ3) is 4.97. The van der Waals surface area contributed by atoms with Crippen LogP contribution in [-0.2, 0) is 14.3 Å². The van der Waals surface area contributed by atoms with Crippen LogP contribution < -0.4 is 10.6 Å². The second kappa shape index (κ2) is 8.06. The van der Waals surface area contributed by atoms with Crippen molar-refractivity contribution in [3.63, 3.8) is 0 Å². The standard InChI is InChI=1S/C13H24N2O5/c1-3-19-8-10(2)15-12(18)14-9-13(11(16)17)4-6-20-7-5-13/h10H,3-9H2,1-2H3,(H,16,17)(H2,14,15,18). The third-order valence-corrected chi connectivity index (χ3v) is 3.44. The van der Waals surface area contributed by atoms with E-state index in [0.717, 1.165) is 0 Å². The largest absolute Gasteiger partial charge is 0.481 e. The van der Waals surface area contributed by atoms with Crippen LogP contribution in [0.15, 0.2) is 0 Å². The molecule has 0 aromatic carbocycles. The van der Waals surface area contributed by atoms with Crippen molar-refractivity contribution in [2.45, 2.75) is 32.7 Å². The number of ether oxygens (including phenoxy) is 2. The lowest BCUT2D eigenvalue weighted by atomic mass is 9.80. The zero-order valence-electron chi connectivity index (χ0n) is 12.1. The number of hydrogen-bond acceptors (Lipinski definition) is 4. The Hall–Kier alpha value is -1.34. The van der Waals surface area contributed by atoms with Gasteiger partial charge in [-0.1, -0.05) is 0 Å². The van der Waals surface area contributed by atoms with Crippen LogP contribution in [0.3, 0.4) is 0 Å². The molecule has 1 fully saturated rings. The molecule has 2 amide bonds. The van der Waals surface area contributed by atoms with E-state index in [2.05, 4.69) is 10.6 Å². The Balaban J connectivity index is 2.39. The smallest absolute Gasteiger partial charge is 0.315 e. The van der Waals surface area contributed by atoms with Crippen molar-refractivity contribution in [2.24, 2.45) is 5.41 Å². The van der Waals surface area contributed by atoms with E-state index in [1.54, 1.807) is 0 Å². The number of hydrogen-bond donors (Lipinski definition) is 3. The molecule has 1 saturated heterocycles. The maximum Gasteiger partial charge on any atom is 0.315 e. The molecule has 1 heterocycles. The second-order valence-electron chi connectivity index (χ2n) is 5.09. The summed E-state index contributed by atoms with van der Waals surface area (Å²) in [5.41, 5.74) is -0.918. The summed E-state index contributed by atoms with van der Waals surface area (Å²) >= 11 is 0. The highest BCUT2D eigenvalue weighted by molar-refractivity contribution is 5.78. The third-order valence-electron chi connectivity index (χ3n) is 3.44. The van der Waals surface area contributed by atoms with Crippen LogP contribution in [0.2, 0.25) is 0 Å². The lowest BCUT2D eigenvalue weighted by Crippen LogP contribution is -2.50. The summed E-state index contributed by atoms with van der Waals surface area (Å²) in [4.78, 5) is 23.1. The van der Waals surface area contributed by atoms with Gasteiger partial charge in [0.05, 0.1) is 18.1 Å². The number of urea groups is 1. The molecule has 1 aliphatic rings. The highest BCUT2D eigenvalue weighted by Gasteiger charge is 2.40. The van der Waals surface area contributed by atoms with Crippen LogP contribution in [-0.4, -0.2) is 56.1 Å². The Bertz CT molecular complexity index is 329. The molecule has 0 bridgehead atoms. The molecule has 0 aromatic rings. The summed E-state index contributed by atoms with van der Waals surface area (Å²) in [7, 11) is 0. The molecule has 1 aliphatic heterocycles. The van der Waals surface area contributed by atoms with E-state index in [1.165, 1.54) is 0 Å². The Morgan fingerprint density at radius 1 is 1.40 bits per heavy atom. The maximum atomic E-state index is 11.7. The fraction of sp³-hybridized carbons (Fsp3) is 0.846. The van der Waals surface area contributed by atoms with Gasteiger partial charge in [-0.15, -0.1) is 0 Å². The molecule has 0 saturated carbocycles. The first-order valence-corrected chi connectivity index (χ1v) is 6.93. The number of carbonyl (C=O) groups is 2. The van der Waals surface area contributed by atoms with Gasteiger partial charge in [0.15, 0.2) is 0 Å². The molecule has 0 spiro atoms. The molecule has 0 aliphatic carbocycles. The van der Waals surface area contributed by atoms with Gasteiger partial charge in [-0.2, -0.15) is 0 Å². The molecule has 3 N–H and O–H groups in total. The fourth-order valence-electron chi connectivity index (χ4n) is 2.09. The fourth-order valence-corrected chi connectivity index (χ4v) is 2.09. The van der Waals surface area contributed by atoms with Gasteiger partial charge in [-0.05, 0) is 26.7 Å². The van der Waals surface area contributed by atoms with Gasteiger partial charge >= 0.3 is 12.0 Å². The predicted molar refractivity (Wildman–Crippen MR) is 72.6 cm³/mol. The zero-order valence-corrected chi connectivity index (χ0v) is 12.1. The second-order valence-corrected chi connectivity index (χ2v) is 5.09. The quantitative estimate of drug-likeness (QED) is 0.637. The summed E-state index contributed by atoms with van der Waals surface area (Å²) in [6.07, 6.45) is 0.828. The monoisotopic (exact) mass is 288 g/mol. The van der Waals surface area contributed by atoms with E-state index in [9.17, 15) is 14.7 Å². The molecule has 7 heteroatoms. The minimum atomic E-state index is -0.918. The Kier molecular flexibility index (Phi) is 6.74. The van der Waals surface area contributed by atoms with Gasteiger partial charge in [0.1, 0.15) is 0 Å². The van der Waals surface area contributed by atoms with Crippen molar-refractivity contribution in [2.75, 3.05) is 33.0 Å². The van der Waals surface area contributed by atoms with Crippen molar-refractivity contribution in [3.05, 3.63) is 0 Å². The van der Waals surface area contributed by atoms with Crippen LogP contribution in [0.25, 0.3) is 0 Å². The highest BCUT2D eigenvalue weighted by atomic mass is 16.5. The number of amides is 2.